The lowest BCUT2D eigenvalue weighted by Gasteiger charge is -2.55. The van der Waals surface area contributed by atoms with Gasteiger partial charge in [0.2, 0.25) is 0 Å². The summed E-state index contributed by atoms with van der Waals surface area (Å²) in [5.74, 6) is 0. The third kappa shape index (κ3) is 5.13. The standard InChI is InChI=1S/C58H55BN2O/c1-55(2,3)39-25-26-48(42(31-39)37-21-13-10-14-22-37)60-49-35-52-43(41-23-15-16-24-51(41)62-52)34-47(49)59-53-44(29-38(30-50(53)60)36-19-11-9-12-20-36)45-32-40(56(4,5)6)33-46-54(45)61(59)58(8)28-18-17-27-57(46,58)7/h9-16,19-26,29-35H,17-18,27-28H2,1-8H3. The predicted octanol–water partition coefficient (Wildman–Crippen LogP) is 14.5. The fourth-order valence-corrected chi connectivity index (χ4v) is 12.1. The summed E-state index contributed by atoms with van der Waals surface area (Å²) in [6.07, 6.45) is 4.85. The van der Waals surface area contributed by atoms with Crippen molar-refractivity contribution in [1.29, 1.82) is 0 Å². The van der Waals surface area contributed by atoms with Gasteiger partial charge in [-0.2, -0.15) is 0 Å². The molecule has 4 heterocycles. The molecule has 3 aliphatic heterocycles. The second kappa shape index (κ2) is 12.8. The molecule has 4 aliphatic rings. The molecular weight excluding hydrogens is 751 g/mol. The largest absolute Gasteiger partial charge is 0.456 e. The van der Waals surface area contributed by atoms with E-state index in [1.54, 1.807) is 5.56 Å². The number of anilines is 4. The number of para-hydroxylation sites is 1. The molecule has 62 heavy (non-hydrogen) atoms. The highest BCUT2D eigenvalue weighted by Gasteiger charge is 2.63. The summed E-state index contributed by atoms with van der Waals surface area (Å²) < 4.78 is 6.82. The van der Waals surface area contributed by atoms with Crippen LogP contribution in [0.5, 0.6) is 0 Å². The zero-order chi connectivity index (χ0) is 42.5. The van der Waals surface area contributed by atoms with Gasteiger partial charge < -0.3 is 14.1 Å². The quantitative estimate of drug-likeness (QED) is 0.166. The van der Waals surface area contributed by atoms with Crippen LogP contribution in [-0.2, 0) is 16.2 Å². The van der Waals surface area contributed by atoms with Gasteiger partial charge in [-0.05, 0) is 117 Å². The molecule has 306 valence electrons. The molecule has 12 rings (SSSR count). The minimum Gasteiger partial charge on any atom is -0.456 e. The van der Waals surface area contributed by atoms with Crippen LogP contribution < -0.4 is 20.6 Å². The molecule has 7 aromatic carbocycles. The molecule has 8 aromatic rings. The number of benzene rings is 7. The van der Waals surface area contributed by atoms with E-state index >= 15 is 0 Å². The summed E-state index contributed by atoms with van der Waals surface area (Å²) in [7, 11) is 0. The van der Waals surface area contributed by atoms with E-state index in [0.29, 0.717) is 0 Å². The van der Waals surface area contributed by atoms with Gasteiger partial charge in [0.1, 0.15) is 11.2 Å². The summed E-state index contributed by atoms with van der Waals surface area (Å²) in [6.45, 7) is 19.4. The molecule has 0 saturated heterocycles. The third-order valence-corrected chi connectivity index (χ3v) is 15.7. The van der Waals surface area contributed by atoms with E-state index in [0.717, 1.165) is 17.6 Å². The Labute approximate surface area is 367 Å². The van der Waals surface area contributed by atoms with E-state index in [-0.39, 0.29) is 28.6 Å². The van der Waals surface area contributed by atoms with E-state index < -0.39 is 0 Å². The van der Waals surface area contributed by atoms with Gasteiger partial charge in [0.15, 0.2) is 0 Å². The van der Waals surface area contributed by atoms with Gasteiger partial charge in [0.05, 0.1) is 5.69 Å². The molecule has 1 fully saturated rings. The van der Waals surface area contributed by atoms with Gasteiger partial charge in [0, 0.05) is 56.0 Å². The van der Waals surface area contributed by atoms with Crippen LogP contribution in [0.25, 0.3) is 55.3 Å². The molecule has 0 radical (unpaired) electrons. The fourth-order valence-electron chi connectivity index (χ4n) is 12.1. The number of rotatable bonds is 3. The maximum atomic E-state index is 6.82. The second-order valence-corrected chi connectivity index (χ2v) is 21.3. The van der Waals surface area contributed by atoms with Gasteiger partial charge in [-0.1, -0.05) is 158 Å². The van der Waals surface area contributed by atoms with Crippen molar-refractivity contribution in [3.05, 3.63) is 156 Å². The normalized spacial score (nSPS) is 20.0. The van der Waals surface area contributed by atoms with Crippen molar-refractivity contribution >= 4 is 62.5 Å². The van der Waals surface area contributed by atoms with Gasteiger partial charge >= 0.3 is 6.85 Å². The lowest BCUT2D eigenvalue weighted by molar-refractivity contribution is 0.199. The fraction of sp³-hybridized carbons (Fsp3) is 0.276. The third-order valence-electron chi connectivity index (χ3n) is 15.7. The van der Waals surface area contributed by atoms with Gasteiger partial charge in [-0.25, -0.2) is 0 Å². The highest BCUT2D eigenvalue weighted by atomic mass is 16.3. The number of nitrogens with zero attached hydrogens (tertiary/aromatic N) is 2. The van der Waals surface area contributed by atoms with Crippen LogP contribution >= 0.6 is 0 Å². The Morgan fingerprint density at radius 1 is 0.532 bits per heavy atom. The maximum Gasteiger partial charge on any atom is 0.328 e. The Morgan fingerprint density at radius 2 is 1.21 bits per heavy atom. The average molecular weight is 807 g/mol. The van der Waals surface area contributed by atoms with E-state index in [2.05, 4.69) is 205 Å². The minimum atomic E-state index is -0.0903. The molecule has 0 bridgehead atoms. The van der Waals surface area contributed by atoms with E-state index in [9.17, 15) is 0 Å². The zero-order valence-electron chi connectivity index (χ0n) is 37.5. The summed E-state index contributed by atoms with van der Waals surface area (Å²) >= 11 is 0. The summed E-state index contributed by atoms with van der Waals surface area (Å²) in [4.78, 5) is 5.58. The first-order chi connectivity index (χ1) is 29.7. The van der Waals surface area contributed by atoms with Crippen LogP contribution in [0.1, 0.15) is 97.8 Å². The number of furan rings is 1. The first kappa shape index (κ1) is 37.7. The van der Waals surface area contributed by atoms with Crippen molar-refractivity contribution in [2.24, 2.45) is 0 Å². The molecular formula is C58H55BN2O. The number of hydrogen-bond donors (Lipinski definition) is 0. The van der Waals surface area contributed by atoms with Crippen LogP contribution in [-0.4, -0.2) is 12.4 Å². The van der Waals surface area contributed by atoms with Gasteiger partial charge in [-0.3, -0.25) is 0 Å². The predicted molar refractivity (Wildman–Crippen MR) is 264 cm³/mol. The van der Waals surface area contributed by atoms with Crippen LogP contribution in [0, 0.1) is 0 Å². The molecule has 0 amide bonds. The Balaban J connectivity index is 1.26. The van der Waals surface area contributed by atoms with Crippen LogP contribution in [0.15, 0.2) is 144 Å². The maximum absolute atomic E-state index is 6.82. The Kier molecular flexibility index (Phi) is 7.78. The molecule has 3 nitrogen and oxygen atoms in total. The van der Waals surface area contributed by atoms with Crippen molar-refractivity contribution in [2.75, 3.05) is 9.71 Å². The molecule has 0 spiro atoms. The summed E-state index contributed by atoms with van der Waals surface area (Å²) in [5.41, 5.74) is 21.5. The Bertz CT molecular complexity index is 3150. The van der Waals surface area contributed by atoms with Crippen molar-refractivity contribution in [2.45, 2.75) is 103 Å². The minimum absolute atomic E-state index is 0.000166. The smallest absolute Gasteiger partial charge is 0.328 e. The summed E-state index contributed by atoms with van der Waals surface area (Å²) in [5, 5.41) is 2.35. The lowest BCUT2D eigenvalue weighted by Crippen LogP contribution is -2.70. The van der Waals surface area contributed by atoms with Gasteiger partial charge in [0.25, 0.3) is 0 Å². The second-order valence-electron chi connectivity index (χ2n) is 21.3. The van der Waals surface area contributed by atoms with E-state index in [4.69, 9.17) is 4.42 Å². The topological polar surface area (TPSA) is 19.6 Å². The highest BCUT2D eigenvalue weighted by molar-refractivity contribution is 6.93. The molecule has 0 N–H and O–H groups in total. The van der Waals surface area contributed by atoms with Crippen molar-refractivity contribution < 1.29 is 4.42 Å². The van der Waals surface area contributed by atoms with E-state index in [1.807, 2.05) is 0 Å². The first-order valence-corrected chi connectivity index (χ1v) is 22.9. The number of fused-ring (bicyclic) bond motifs is 10. The first-order valence-electron chi connectivity index (χ1n) is 22.9. The molecule has 4 heteroatoms. The zero-order valence-corrected chi connectivity index (χ0v) is 37.5. The van der Waals surface area contributed by atoms with E-state index in [1.165, 1.54) is 108 Å². The molecule has 2 atom stereocenters. The summed E-state index contributed by atoms with van der Waals surface area (Å²) in [6, 6.07) is 53.1. The van der Waals surface area contributed by atoms with Gasteiger partial charge in [-0.15, -0.1) is 0 Å². The Morgan fingerprint density at radius 3 is 1.95 bits per heavy atom. The van der Waals surface area contributed by atoms with Crippen LogP contribution in [0.4, 0.5) is 22.7 Å². The molecule has 2 unspecified atom stereocenters. The SMILES string of the molecule is CC(C)(C)c1ccc(N2c3cc4oc5ccccc5c4cc3B3c4c(cc(-c5ccccc5)cc42)-c2cc(C(C)(C)C)cc4c2N3C2(C)CCCCC42C)c(-c2ccccc2)c1. The van der Waals surface area contributed by atoms with Crippen LogP contribution in [0.3, 0.4) is 0 Å². The average Bonchev–Trinajstić information content (AvgIpc) is 3.73. The lowest BCUT2D eigenvalue weighted by atomic mass is 9.42. The number of hydrogen-bond acceptors (Lipinski definition) is 3. The molecule has 1 saturated carbocycles. The van der Waals surface area contributed by atoms with Crippen molar-refractivity contribution in [3.63, 3.8) is 0 Å². The van der Waals surface area contributed by atoms with Crippen LogP contribution in [0.2, 0.25) is 0 Å². The van der Waals surface area contributed by atoms with Crippen molar-refractivity contribution in [1.82, 2.24) is 0 Å². The highest BCUT2D eigenvalue weighted by Crippen LogP contribution is 2.64. The van der Waals surface area contributed by atoms with Crippen molar-refractivity contribution in [3.8, 4) is 33.4 Å². The molecule has 1 aromatic heterocycles. The molecule has 1 aliphatic carbocycles. The Hall–Kier alpha value is -6.00. The monoisotopic (exact) mass is 806 g/mol.